The lowest BCUT2D eigenvalue weighted by Gasteiger charge is -2.09. The predicted molar refractivity (Wildman–Crippen MR) is 86.5 cm³/mol. The molecule has 0 fully saturated rings. The van der Waals surface area contributed by atoms with Crippen LogP contribution in [0.3, 0.4) is 0 Å². The number of methoxy groups -OCH3 is 1. The molecule has 1 heterocycles. The van der Waals surface area contributed by atoms with Crippen molar-refractivity contribution in [3.05, 3.63) is 40.4 Å². The Morgan fingerprint density at radius 1 is 1.50 bits per heavy atom. The molecule has 0 atom stereocenters. The Morgan fingerprint density at radius 2 is 2.32 bits per heavy atom. The van der Waals surface area contributed by atoms with Crippen LogP contribution in [0.4, 0.5) is 5.13 Å². The minimum atomic E-state index is -0.332. The summed E-state index contributed by atoms with van der Waals surface area (Å²) in [5.74, 6) is 0.337. The molecule has 0 unspecified atom stereocenters. The zero-order chi connectivity index (χ0) is 15.9. The van der Waals surface area contributed by atoms with Gasteiger partial charge in [-0.15, -0.1) is 11.3 Å². The van der Waals surface area contributed by atoms with Gasteiger partial charge < -0.3 is 9.47 Å². The molecule has 1 N–H and O–H groups in total. The van der Waals surface area contributed by atoms with Gasteiger partial charge >= 0.3 is 5.97 Å². The Kier molecular flexibility index (Phi) is 5.48. The van der Waals surface area contributed by atoms with Crippen molar-refractivity contribution in [1.29, 1.82) is 0 Å². The molecule has 0 bridgehead atoms. The van der Waals surface area contributed by atoms with Gasteiger partial charge in [0.05, 0.1) is 19.0 Å². The van der Waals surface area contributed by atoms with Gasteiger partial charge in [-0.2, -0.15) is 5.10 Å². The number of hydrogen-bond donors (Lipinski definition) is 1. The van der Waals surface area contributed by atoms with E-state index in [1.54, 1.807) is 13.3 Å². The van der Waals surface area contributed by atoms with E-state index in [1.807, 2.05) is 30.5 Å². The van der Waals surface area contributed by atoms with Gasteiger partial charge in [-0.25, -0.2) is 4.98 Å². The fourth-order valence-electron chi connectivity index (χ4n) is 1.74. The van der Waals surface area contributed by atoms with Crippen molar-refractivity contribution >= 4 is 28.7 Å². The van der Waals surface area contributed by atoms with Crippen LogP contribution in [0, 0.1) is 6.92 Å². The highest BCUT2D eigenvalue weighted by Gasteiger charge is 2.05. The third-order valence-electron chi connectivity index (χ3n) is 2.73. The lowest BCUT2D eigenvalue weighted by atomic mass is 10.1. The molecule has 0 saturated heterocycles. The first-order valence-corrected chi connectivity index (χ1v) is 7.48. The number of thiazole rings is 1. The summed E-state index contributed by atoms with van der Waals surface area (Å²) in [7, 11) is 1.58. The second-order valence-electron chi connectivity index (χ2n) is 4.52. The maximum atomic E-state index is 10.9. The van der Waals surface area contributed by atoms with E-state index >= 15 is 0 Å². The summed E-state index contributed by atoms with van der Waals surface area (Å²) in [5, 5.41) is 6.83. The number of hydrogen-bond acceptors (Lipinski definition) is 7. The second-order valence-corrected chi connectivity index (χ2v) is 5.37. The van der Waals surface area contributed by atoms with E-state index in [0.717, 1.165) is 22.0 Å². The van der Waals surface area contributed by atoms with Crippen molar-refractivity contribution in [2.24, 2.45) is 5.10 Å². The minimum Gasteiger partial charge on any atom is -0.496 e. The van der Waals surface area contributed by atoms with Crippen molar-refractivity contribution in [2.45, 2.75) is 20.5 Å². The van der Waals surface area contributed by atoms with E-state index in [1.165, 1.54) is 18.3 Å². The van der Waals surface area contributed by atoms with Crippen LogP contribution >= 0.6 is 11.3 Å². The van der Waals surface area contributed by atoms with Crippen LogP contribution in [0.2, 0.25) is 0 Å². The molecular weight excluding hydrogens is 302 g/mol. The van der Waals surface area contributed by atoms with Gasteiger partial charge in [-0.05, 0) is 30.7 Å². The summed E-state index contributed by atoms with van der Waals surface area (Å²) >= 11 is 1.49. The van der Waals surface area contributed by atoms with Gasteiger partial charge in [0.2, 0.25) is 5.13 Å². The number of rotatable bonds is 6. The molecule has 0 spiro atoms. The van der Waals surface area contributed by atoms with E-state index in [2.05, 4.69) is 15.5 Å². The Balaban J connectivity index is 2.06. The zero-order valence-corrected chi connectivity index (χ0v) is 13.4. The number of ether oxygens (including phenoxy) is 2. The molecule has 116 valence electrons. The first-order chi connectivity index (χ1) is 10.6. The van der Waals surface area contributed by atoms with E-state index in [9.17, 15) is 4.79 Å². The van der Waals surface area contributed by atoms with Gasteiger partial charge in [0, 0.05) is 17.9 Å². The van der Waals surface area contributed by atoms with Crippen molar-refractivity contribution in [3.63, 3.8) is 0 Å². The molecule has 0 radical (unpaired) electrons. The number of esters is 1. The Labute approximate surface area is 132 Å². The van der Waals surface area contributed by atoms with Crippen molar-refractivity contribution in [1.82, 2.24) is 4.98 Å². The number of carbonyl (C=O) groups is 1. The molecule has 0 aliphatic heterocycles. The lowest BCUT2D eigenvalue weighted by Crippen LogP contribution is -2.02. The van der Waals surface area contributed by atoms with Crippen molar-refractivity contribution < 1.29 is 14.3 Å². The summed E-state index contributed by atoms with van der Waals surface area (Å²) in [6, 6.07) is 5.54. The molecule has 22 heavy (non-hydrogen) atoms. The Bertz CT molecular complexity index is 682. The van der Waals surface area contributed by atoms with E-state index < -0.39 is 0 Å². The van der Waals surface area contributed by atoms with Crippen molar-refractivity contribution in [2.75, 3.05) is 12.5 Å². The van der Waals surface area contributed by atoms with Gasteiger partial charge in [-0.3, -0.25) is 10.2 Å². The van der Waals surface area contributed by atoms with Gasteiger partial charge in [0.15, 0.2) is 0 Å². The topological polar surface area (TPSA) is 72.8 Å². The SMILES string of the molecule is COc1ccc(C=NNc2nc(C)cs2)cc1COC(C)=O. The standard InChI is InChI=1S/C15H17N3O3S/c1-10-9-22-15(17-10)18-16-7-12-4-5-14(20-3)13(6-12)8-21-11(2)19/h4-7,9H,8H2,1-3H3,(H,17,18). The largest absolute Gasteiger partial charge is 0.496 e. The summed E-state index contributed by atoms with van der Waals surface area (Å²) < 4.78 is 10.3. The van der Waals surface area contributed by atoms with Gasteiger partial charge in [0.25, 0.3) is 0 Å². The lowest BCUT2D eigenvalue weighted by molar-refractivity contribution is -0.142. The number of benzene rings is 1. The number of hydrazone groups is 1. The maximum Gasteiger partial charge on any atom is 0.302 e. The molecule has 0 aliphatic carbocycles. The number of carbonyl (C=O) groups excluding carboxylic acids is 1. The monoisotopic (exact) mass is 319 g/mol. The second kappa shape index (κ2) is 7.56. The smallest absolute Gasteiger partial charge is 0.302 e. The number of anilines is 1. The van der Waals surface area contributed by atoms with Gasteiger partial charge in [0.1, 0.15) is 12.4 Å². The van der Waals surface area contributed by atoms with Crippen LogP contribution in [0.5, 0.6) is 5.75 Å². The summed E-state index contributed by atoms with van der Waals surface area (Å²) in [6.45, 7) is 3.47. The summed E-state index contributed by atoms with van der Waals surface area (Å²) in [4.78, 5) is 15.2. The predicted octanol–water partition coefficient (Wildman–Crippen LogP) is 2.97. The van der Waals surface area contributed by atoms with Gasteiger partial charge in [-0.1, -0.05) is 0 Å². The molecule has 0 amide bonds. The Hall–Kier alpha value is -2.41. The first-order valence-electron chi connectivity index (χ1n) is 6.60. The normalized spacial score (nSPS) is 10.7. The molecule has 2 aromatic rings. The average molecular weight is 319 g/mol. The first kappa shape index (κ1) is 16.0. The quantitative estimate of drug-likeness (QED) is 0.503. The summed E-state index contributed by atoms with van der Waals surface area (Å²) in [6.07, 6.45) is 1.67. The van der Waals surface area contributed by atoms with E-state index in [0.29, 0.717) is 5.75 Å². The third kappa shape index (κ3) is 4.56. The van der Waals surface area contributed by atoms with Crippen LogP contribution in [0.1, 0.15) is 23.7 Å². The fraction of sp³-hybridized carbons (Fsp3) is 0.267. The number of nitrogens with zero attached hydrogens (tertiary/aromatic N) is 2. The number of aromatic nitrogens is 1. The zero-order valence-electron chi connectivity index (χ0n) is 12.6. The molecule has 0 saturated carbocycles. The summed E-state index contributed by atoms with van der Waals surface area (Å²) in [5.41, 5.74) is 5.48. The number of aryl methyl sites for hydroxylation is 1. The van der Waals surface area contributed by atoms with E-state index in [-0.39, 0.29) is 12.6 Å². The third-order valence-corrected chi connectivity index (χ3v) is 3.59. The fourth-order valence-corrected chi connectivity index (χ4v) is 2.38. The van der Waals surface area contributed by atoms with Crippen LogP contribution in [0.25, 0.3) is 0 Å². The highest BCUT2D eigenvalue weighted by atomic mass is 32.1. The van der Waals surface area contributed by atoms with Crippen LogP contribution in [0.15, 0.2) is 28.7 Å². The molecule has 7 heteroatoms. The number of nitrogens with one attached hydrogen (secondary N) is 1. The van der Waals surface area contributed by atoms with Crippen molar-refractivity contribution in [3.8, 4) is 5.75 Å². The highest BCUT2D eigenvalue weighted by molar-refractivity contribution is 7.13. The molecule has 6 nitrogen and oxygen atoms in total. The van der Waals surface area contributed by atoms with Crippen LogP contribution < -0.4 is 10.2 Å². The minimum absolute atomic E-state index is 0.166. The Morgan fingerprint density at radius 3 is 2.95 bits per heavy atom. The molecular formula is C15H17N3O3S. The molecule has 0 aliphatic rings. The average Bonchev–Trinajstić information content (AvgIpc) is 2.91. The molecule has 1 aromatic heterocycles. The van der Waals surface area contributed by atoms with E-state index in [4.69, 9.17) is 9.47 Å². The maximum absolute atomic E-state index is 10.9. The van der Waals surface area contributed by atoms with Crippen LogP contribution in [-0.4, -0.2) is 24.3 Å². The molecule has 1 aromatic carbocycles. The highest BCUT2D eigenvalue weighted by Crippen LogP contribution is 2.20. The van der Waals surface area contributed by atoms with Crippen LogP contribution in [-0.2, 0) is 16.1 Å². The molecule has 2 rings (SSSR count).